The Balaban J connectivity index is 1.82. The van der Waals surface area contributed by atoms with Crippen molar-refractivity contribution in [2.45, 2.75) is 20.4 Å². The fourth-order valence-corrected chi connectivity index (χ4v) is 2.95. The van der Waals surface area contributed by atoms with Gasteiger partial charge in [0.25, 0.3) is 0 Å². The molecule has 1 aliphatic heterocycles. The number of nitrogens with one attached hydrogen (secondary N) is 1. The number of amides is 1. The van der Waals surface area contributed by atoms with Gasteiger partial charge in [-0.3, -0.25) is 4.79 Å². The van der Waals surface area contributed by atoms with E-state index in [9.17, 15) is 4.79 Å². The highest BCUT2D eigenvalue weighted by Gasteiger charge is 2.18. The summed E-state index contributed by atoms with van der Waals surface area (Å²) in [7, 11) is 3.79. The van der Waals surface area contributed by atoms with Gasteiger partial charge in [0.2, 0.25) is 5.91 Å². The maximum absolute atomic E-state index is 12.2. The van der Waals surface area contributed by atoms with E-state index in [2.05, 4.69) is 29.4 Å². The fourth-order valence-electron chi connectivity index (χ4n) is 2.95. The number of aryl methyl sites for hydroxylation is 2. The van der Waals surface area contributed by atoms with Crippen molar-refractivity contribution in [3.05, 3.63) is 28.8 Å². The standard InChI is InChI=1S/C17H27N3O2/c1-13-9-15(10-14(2)17(13)22-4)11-18-12-16(21)20-7-5-19(3)6-8-20/h9-10,18H,5-8,11-12H2,1-4H3. The van der Waals surface area contributed by atoms with Gasteiger partial charge in [-0.15, -0.1) is 0 Å². The van der Waals surface area contributed by atoms with Crippen LogP contribution in [-0.2, 0) is 11.3 Å². The van der Waals surface area contributed by atoms with Crippen molar-refractivity contribution >= 4 is 5.91 Å². The minimum absolute atomic E-state index is 0.190. The predicted molar refractivity (Wildman–Crippen MR) is 88.3 cm³/mol. The van der Waals surface area contributed by atoms with Crippen LogP contribution in [0.2, 0.25) is 0 Å². The summed E-state index contributed by atoms with van der Waals surface area (Å²) in [6, 6.07) is 4.22. The zero-order chi connectivity index (χ0) is 16.1. The van der Waals surface area contributed by atoms with Gasteiger partial charge in [0.05, 0.1) is 13.7 Å². The Morgan fingerprint density at radius 2 is 1.77 bits per heavy atom. The fraction of sp³-hybridized carbons (Fsp3) is 0.588. The van der Waals surface area contributed by atoms with Crippen molar-refractivity contribution in [1.29, 1.82) is 0 Å². The topological polar surface area (TPSA) is 44.8 Å². The third-order valence-corrected chi connectivity index (χ3v) is 4.19. The van der Waals surface area contributed by atoms with Gasteiger partial charge in [-0.1, -0.05) is 12.1 Å². The number of hydrogen-bond acceptors (Lipinski definition) is 4. The number of carbonyl (C=O) groups is 1. The summed E-state index contributed by atoms with van der Waals surface area (Å²) in [6.45, 7) is 8.77. The maximum Gasteiger partial charge on any atom is 0.236 e. The van der Waals surface area contributed by atoms with E-state index < -0.39 is 0 Å². The lowest BCUT2D eigenvalue weighted by Gasteiger charge is -2.32. The molecule has 2 rings (SSSR count). The number of benzene rings is 1. The molecule has 0 unspecified atom stereocenters. The van der Waals surface area contributed by atoms with E-state index in [1.54, 1.807) is 7.11 Å². The van der Waals surface area contributed by atoms with Gasteiger partial charge in [0.15, 0.2) is 0 Å². The van der Waals surface area contributed by atoms with E-state index >= 15 is 0 Å². The molecule has 0 aliphatic carbocycles. The van der Waals surface area contributed by atoms with Crippen molar-refractivity contribution in [1.82, 2.24) is 15.1 Å². The van der Waals surface area contributed by atoms with Crippen LogP contribution in [0.1, 0.15) is 16.7 Å². The molecule has 0 atom stereocenters. The van der Waals surface area contributed by atoms with Crippen molar-refractivity contribution < 1.29 is 9.53 Å². The molecule has 0 radical (unpaired) electrons. The van der Waals surface area contributed by atoms with Crippen LogP contribution >= 0.6 is 0 Å². The van der Waals surface area contributed by atoms with Gasteiger partial charge in [-0.2, -0.15) is 0 Å². The van der Waals surface area contributed by atoms with Crippen molar-refractivity contribution in [2.75, 3.05) is 46.9 Å². The molecular formula is C17H27N3O2. The molecule has 5 nitrogen and oxygen atoms in total. The molecule has 1 N–H and O–H groups in total. The number of piperazine rings is 1. The summed E-state index contributed by atoms with van der Waals surface area (Å²) >= 11 is 0. The van der Waals surface area contributed by atoms with E-state index in [4.69, 9.17) is 4.74 Å². The van der Waals surface area contributed by atoms with Crippen LogP contribution in [-0.4, -0.2) is 62.6 Å². The maximum atomic E-state index is 12.2. The Labute approximate surface area is 133 Å². The molecule has 1 saturated heterocycles. The molecule has 22 heavy (non-hydrogen) atoms. The molecule has 122 valence electrons. The summed E-state index contributed by atoms with van der Waals surface area (Å²) in [5.41, 5.74) is 3.44. The highest BCUT2D eigenvalue weighted by atomic mass is 16.5. The highest BCUT2D eigenvalue weighted by molar-refractivity contribution is 5.78. The van der Waals surface area contributed by atoms with Crippen molar-refractivity contribution in [3.63, 3.8) is 0 Å². The number of ether oxygens (including phenoxy) is 1. The van der Waals surface area contributed by atoms with Gasteiger partial charge in [0.1, 0.15) is 5.75 Å². The summed E-state index contributed by atoms with van der Waals surface area (Å²) in [6.07, 6.45) is 0. The Kier molecular flexibility index (Phi) is 5.80. The minimum Gasteiger partial charge on any atom is -0.496 e. The number of methoxy groups -OCH3 is 1. The number of hydrogen-bond donors (Lipinski definition) is 1. The number of likely N-dealkylation sites (N-methyl/N-ethyl adjacent to an activating group) is 1. The number of carbonyl (C=O) groups excluding carboxylic acids is 1. The first-order valence-electron chi connectivity index (χ1n) is 7.82. The lowest BCUT2D eigenvalue weighted by Crippen LogP contribution is -2.49. The molecule has 0 saturated carbocycles. The average molecular weight is 305 g/mol. The van der Waals surface area contributed by atoms with Gasteiger partial charge < -0.3 is 19.9 Å². The van der Waals surface area contributed by atoms with E-state index in [1.807, 2.05) is 18.7 Å². The lowest BCUT2D eigenvalue weighted by molar-refractivity contribution is -0.131. The van der Waals surface area contributed by atoms with Gasteiger partial charge in [0, 0.05) is 32.7 Å². The zero-order valence-electron chi connectivity index (χ0n) is 14.1. The second-order valence-corrected chi connectivity index (χ2v) is 6.05. The normalized spacial score (nSPS) is 15.9. The molecule has 1 aromatic rings. The number of nitrogens with zero attached hydrogens (tertiary/aromatic N) is 2. The van der Waals surface area contributed by atoms with Crippen LogP contribution in [0.3, 0.4) is 0 Å². The Morgan fingerprint density at radius 3 is 2.32 bits per heavy atom. The van der Waals surface area contributed by atoms with Crippen LogP contribution in [0.4, 0.5) is 0 Å². The van der Waals surface area contributed by atoms with Gasteiger partial charge in [-0.05, 0) is 37.6 Å². The van der Waals surface area contributed by atoms with Crippen LogP contribution < -0.4 is 10.1 Å². The highest BCUT2D eigenvalue weighted by Crippen LogP contribution is 2.24. The predicted octanol–water partition coefficient (Wildman–Crippen LogP) is 1.18. The van der Waals surface area contributed by atoms with Crippen LogP contribution in [0.5, 0.6) is 5.75 Å². The molecule has 0 spiro atoms. The summed E-state index contributed by atoms with van der Waals surface area (Å²) in [4.78, 5) is 16.3. The molecule has 1 aromatic carbocycles. The van der Waals surface area contributed by atoms with E-state index in [-0.39, 0.29) is 5.91 Å². The van der Waals surface area contributed by atoms with Crippen LogP contribution in [0, 0.1) is 13.8 Å². The molecule has 1 fully saturated rings. The molecule has 1 amide bonds. The van der Waals surface area contributed by atoms with Crippen LogP contribution in [0.15, 0.2) is 12.1 Å². The molecule has 0 bridgehead atoms. The molecule has 1 aliphatic rings. The molecule has 0 aromatic heterocycles. The third-order valence-electron chi connectivity index (χ3n) is 4.19. The lowest BCUT2D eigenvalue weighted by atomic mass is 10.1. The SMILES string of the molecule is COc1c(C)cc(CNCC(=O)N2CCN(C)CC2)cc1C. The smallest absolute Gasteiger partial charge is 0.236 e. The monoisotopic (exact) mass is 305 g/mol. The molecular weight excluding hydrogens is 278 g/mol. The number of rotatable bonds is 5. The van der Waals surface area contributed by atoms with E-state index in [0.717, 1.165) is 43.1 Å². The minimum atomic E-state index is 0.190. The van der Waals surface area contributed by atoms with Crippen molar-refractivity contribution in [2.24, 2.45) is 0 Å². The first-order chi connectivity index (χ1) is 10.5. The summed E-state index contributed by atoms with van der Waals surface area (Å²) in [5.74, 6) is 1.13. The first kappa shape index (κ1) is 16.8. The van der Waals surface area contributed by atoms with Gasteiger partial charge in [-0.25, -0.2) is 0 Å². The summed E-state index contributed by atoms with van der Waals surface area (Å²) < 4.78 is 5.38. The average Bonchev–Trinajstić information content (AvgIpc) is 2.47. The Bertz CT molecular complexity index is 500. The van der Waals surface area contributed by atoms with Crippen molar-refractivity contribution in [3.8, 4) is 5.75 Å². The second-order valence-electron chi connectivity index (χ2n) is 6.05. The van der Waals surface area contributed by atoms with Gasteiger partial charge >= 0.3 is 0 Å². The quantitative estimate of drug-likeness (QED) is 0.887. The Morgan fingerprint density at radius 1 is 1.18 bits per heavy atom. The first-order valence-corrected chi connectivity index (χ1v) is 7.82. The second kappa shape index (κ2) is 7.61. The van der Waals surface area contributed by atoms with E-state index in [1.165, 1.54) is 5.56 Å². The Hall–Kier alpha value is -1.59. The largest absolute Gasteiger partial charge is 0.496 e. The van der Waals surface area contributed by atoms with E-state index in [0.29, 0.717) is 13.1 Å². The zero-order valence-corrected chi connectivity index (χ0v) is 14.1. The molecule has 1 heterocycles. The van der Waals surface area contributed by atoms with Crippen LogP contribution in [0.25, 0.3) is 0 Å². The third kappa shape index (κ3) is 4.21. The summed E-state index contributed by atoms with van der Waals surface area (Å²) in [5, 5.41) is 3.26. The molecule has 5 heteroatoms.